The first-order valence-electron chi connectivity index (χ1n) is 11.5. The van der Waals surface area contributed by atoms with Gasteiger partial charge in [0.2, 0.25) is 0 Å². The number of thiazole rings is 1. The molecule has 0 saturated heterocycles. The molecule has 4 rings (SSSR count). The average molecular weight is 507 g/mol. The third-order valence-corrected chi connectivity index (χ3v) is 7.10. The fourth-order valence-corrected chi connectivity index (χ4v) is 5.39. The molecule has 0 unspecified atom stereocenters. The van der Waals surface area contributed by atoms with Gasteiger partial charge in [-0.25, -0.2) is 4.99 Å². The van der Waals surface area contributed by atoms with Crippen molar-refractivity contribution >= 4 is 29.0 Å². The number of amides is 1. The highest BCUT2D eigenvalue weighted by Gasteiger charge is 2.35. The van der Waals surface area contributed by atoms with E-state index in [1.165, 1.54) is 28.0 Å². The summed E-state index contributed by atoms with van der Waals surface area (Å²) in [7, 11) is 1.55. The van der Waals surface area contributed by atoms with Crippen molar-refractivity contribution < 1.29 is 14.5 Å². The number of allylic oxidation sites excluding steroid dienone is 1. The van der Waals surface area contributed by atoms with Crippen LogP contribution in [0.1, 0.15) is 37.9 Å². The van der Waals surface area contributed by atoms with E-state index in [1.54, 1.807) is 43.2 Å². The zero-order chi connectivity index (χ0) is 26.0. The molecule has 10 heteroatoms. The summed E-state index contributed by atoms with van der Waals surface area (Å²) in [5.74, 6) is 0.362. The minimum atomic E-state index is -0.738. The molecule has 0 saturated carbocycles. The predicted molar refractivity (Wildman–Crippen MR) is 138 cm³/mol. The predicted octanol–water partition coefficient (Wildman–Crippen LogP) is 3.02. The second-order valence-corrected chi connectivity index (χ2v) is 9.16. The Bertz CT molecular complexity index is 1550. The van der Waals surface area contributed by atoms with Crippen molar-refractivity contribution in [3.8, 4) is 5.75 Å². The monoisotopic (exact) mass is 506 g/mol. The summed E-state index contributed by atoms with van der Waals surface area (Å²) < 4.78 is 7.49. The second-order valence-electron chi connectivity index (χ2n) is 8.15. The highest BCUT2D eigenvalue weighted by Crippen LogP contribution is 2.36. The van der Waals surface area contributed by atoms with E-state index in [-0.39, 0.29) is 17.2 Å². The molecule has 2 heterocycles. The van der Waals surface area contributed by atoms with Crippen LogP contribution in [0.3, 0.4) is 0 Å². The van der Waals surface area contributed by atoms with Gasteiger partial charge in [-0.3, -0.25) is 24.3 Å². The van der Waals surface area contributed by atoms with Crippen LogP contribution in [-0.2, 0) is 4.79 Å². The van der Waals surface area contributed by atoms with Crippen molar-refractivity contribution in [3.05, 3.63) is 101 Å². The quantitative estimate of drug-likeness (QED) is 0.362. The van der Waals surface area contributed by atoms with Crippen LogP contribution < -0.4 is 19.6 Å². The van der Waals surface area contributed by atoms with Crippen LogP contribution >= 0.6 is 11.3 Å². The fraction of sp³-hybridized carbons (Fsp3) is 0.269. The highest BCUT2D eigenvalue weighted by molar-refractivity contribution is 7.07. The number of benzene rings is 2. The molecule has 1 aliphatic heterocycles. The molecule has 0 radical (unpaired) electrons. The van der Waals surface area contributed by atoms with Crippen molar-refractivity contribution in [3.63, 3.8) is 0 Å². The number of aromatic nitrogens is 1. The Balaban J connectivity index is 1.99. The Labute approximate surface area is 211 Å². The number of hydrogen-bond donors (Lipinski definition) is 0. The first-order valence-corrected chi connectivity index (χ1v) is 12.3. The van der Waals surface area contributed by atoms with Crippen molar-refractivity contribution in [2.75, 3.05) is 20.2 Å². The SMILES string of the molecule is CCN(CC)C(=O)C1=C(C)N=c2s/c(=C/c3cccc([N+](=O)[O-])c3)c(=O)n2[C@@H]1c1ccccc1OC. The molecule has 0 bridgehead atoms. The molecular weight excluding hydrogens is 480 g/mol. The lowest BCUT2D eigenvalue weighted by Gasteiger charge is -2.29. The first-order chi connectivity index (χ1) is 17.3. The number of carbonyl (C=O) groups excluding carboxylic acids is 1. The summed E-state index contributed by atoms with van der Waals surface area (Å²) in [4.78, 5) is 44.9. The average Bonchev–Trinajstić information content (AvgIpc) is 3.18. The topological polar surface area (TPSA) is 107 Å². The molecule has 2 aromatic carbocycles. The van der Waals surface area contributed by atoms with Crippen LogP contribution in [-0.4, -0.2) is 40.5 Å². The number of rotatable bonds is 7. The Morgan fingerprint density at radius 3 is 2.61 bits per heavy atom. The van der Waals surface area contributed by atoms with Crippen LogP contribution in [0.15, 0.2) is 69.6 Å². The van der Waals surface area contributed by atoms with Crippen molar-refractivity contribution in [1.82, 2.24) is 9.47 Å². The molecule has 36 heavy (non-hydrogen) atoms. The van der Waals surface area contributed by atoms with E-state index in [0.717, 1.165) is 0 Å². The number of ether oxygens (including phenoxy) is 1. The maximum absolute atomic E-state index is 13.8. The van der Waals surface area contributed by atoms with Gasteiger partial charge < -0.3 is 9.64 Å². The number of para-hydroxylation sites is 1. The van der Waals surface area contributed by atoms with Gasteiger partial charge in [0.1, 0.15) is 11.8 Å². The zero-order valence-electron chi connectivity index (χ0n) is 20.4. The molecule has 186 valence electrons. The highest BCUT2D eigenvalue weighted by atomic mass is 32.1. The van der Waals surface area contributed by atoms with Gasteiger partial charge in [-0.05, 0) is 38.5 Å². The van der Waals surface area contributed by atoms with E-state index in [4.69, 9.17) is 4.74 Å². The van der Waals surface area contributed by atoms with Gasteiger partial charge in [-0.15, -0.1) is 0 Å². The van der Waals surface area contributed by atoms with Crippen LogP contribution in [0.4, 0.5) is 5.69 Å². The maximum atomic E-state index is 13.8. The van der Waals surface area contributed by atoms with Crippen LogP contribution in [0, 0.1) is 10.1 Å². The van der Waals surface area contributed by atoms with Gasteiger partial charge in [-0.2, -0.15) is 0 Å². The molecule has 0 aliphatic carbocycles. The van der Waals surface area contributed by atoms with Gasteiger partial charge in [-0.1, -0.05) is 41.7 Å². The van der Waals surface area contributed by atoms with E-state index >= 15 is 0 Å². The van der Waals surface area contributed by atoms with Crippen molar-refractivity contribution in [2.45, 2.75) is 26.8 Å². The van der Waals surface area contributed by atoms with E-state index in [2.05, 4.69) is 4.99 Å². The lowest BCUT2D eigenvalue weighted by atomic mass is 9.94. The van der Waals surface area contributed by atoms with Crippen LogP contribution in [0.5, 0.6) is 5.75 Å². The molecule has 1 amide bonds. The second kappa shape index (κ2) is 10.3. The number of fused-ring (bicyclic) bond motifs is 1. The Morgan fingerprint density at radius 1 is 1.22 bits per heavy atom. The lowest BCUT2D eigenvalue weighted by molar-refractivity contribution is -0.384. The standard InChI is InChI=1S/C26H26N4O5S/c1-5-28(6-2)25(32)22-16(3)27-26-29(23(22)19-12-7-8-13-20(19)35-4)24(31)21(36-26)15-17-10-9-11-18(14-17)30(33)34/h7-15,23H,5-6H2,1-4H3/b21-15+/t23-/m1/s1. The summed E-state index contributed by atoms with van der Waals surface area (Å²) in [5, 5.41) is 11.2. The molecule has 0 fully saturated rings. The maximum Gasteiger partial charge on any atom is 0.271 e. The molecule has 0 spiro atoms. The first kappa shape index (κ1) is 25.1. The number of nitro groups is 1. The summed E-state index contributed by atoms with van der Waals surface area (Å²) >= 11 is 1.18. The molecule has 1 aromatic heterocycles. The summed E-state index contributed by atoms with van der Waals surface area (Å²) in [6, 6.07) is 12.7. The summed E-state index contributed by atoms with van der Waals surface area (Å²) in [5.41, 5.74) is 1.75. The number of carbonyl (C=O) groups is 1. The number of nitro benzene ring substituents is 1. The van der Waals surface area contributed by atoms with E-state index < -0.39 is 11.0 Å². The molecular formula is C26H26N4O5S. The van der Waals surface area contributed by atoms with E-state index in [0.29, 0.717) is 50.6 Å². The Hall–Kier alpha value is -4.05. The lowest BCUT2D eigenvalue weighted by Crippen LogP contribution is -2.43. The Kier molecular flexibility index (Phi) is 7.16. The van der Waals surface area contributed by atoms with E-state index in [1.807, 2.05) is 32.0 Å². The zero-order valence-corrected chi connectivity index (χ0v) is 21.2. The fourth-order valence-electron chi connectivity index (χ4n) is 4.34. The van der Waals surface area contributed by atoms with Gasteiger partial charge in [0.05, 0.1) is 27.8 Å². The molecule has 0 N–H and O–H groups in total. The summed E-state index contributed by atoms with van der Waals surface area (Å²) in [6.45, 7) is 6.62. The summed E-state index contributed by atoms with van der Waals surface area (Å²) in [6.07, 6.45) is 1.61. The van der Waals surface area contributed by atoms with Gasteiger partial charge in [0.15, 0.2) is 4.80 Å². The molecule has 1 atom stereocenters. The van der Waals surface area contributed by atoms with Crippen LogP contribution in [0.2, 0.25) is 0 Å². The normalized spacial score (nSPS) is 15.3. The van der Waals surface area contributed by atoms with Crippen molar-refractivity contribution in [1.29, 1.82) is 0 Å². The van der Waals surface area contributed by atoms with Gasteiger partial charge >= 0.3 is 0 Å². The number of methoxy groups -OCH3 is 1. The molecule has 9 nitrogen and oxygen atoms in total. The third kappa shape index (κ3) is 4.47. The molecule has 1 aliphatic rings. The van der Waals surface area contributed by atoms with Gasteiger partial charge in [0, 0.05) is 30.8 Å². The minimum Gasteiger partial charge on any atom is -0.496 e. The van der Waals surface area contributed by atoms with Crippen molar-refractivity contribution in [2.24, 2.45) is 4.99 Å². The smallest absolute Gasteiger partial charge is 0.271 e. The minimum absolute atomic E-state index is 0.0635. The Morgan fingerprint density at radius 2 is 1.94 bits per heavy atom. The van der Waals surface area contributed by atoms with Crippen LogP contribution in [0.25, 0.3) is 6.08 Å². The number of non-ortho nitro benzene ring substituents is 1. The van der Waals surface area contributed by atoms with Gasteiger partial charge in [0.25, 0.3) is 17.2 Å². The number of likely N-dealkylation sites (N-methyl/N-ethyl adjacent to an activating group) is 1. The number of hydrogen-bond acceptors (Lipinski definition) is 7. The van der Waals surface area contributed by atoms with E-state index in [9.17, 15) is 19.7 Å². The number of nitrogens with zero attached hydrogens (tertiary/aromatic N) is 4. The largest absolute Gasteiger partial charge is 0.496 e. The third-order valence-electron chi connectivity index (χ3n) is 6.12. The molecule has 3 aromatic rings.